The number of hydrogen-bond donors (Lipinski definition) is 2. The van der Waals surface area contributed by atoms with Gasteiger partial charge in [0, 0.05) is 31.0 Å². The van der Waals surface area contributed by atoms with Gasteiger partial charge in [0.15, 0.2) is 0 Å². The molecule has 1 saturated heterocycles. The molecule has 188 valence electrons. The number of urea groups is 1. The molecule has 0 radical (unpaired) electrons. The summed E-state index contributed by atoms with van der Waals surface area (Å²) in [4.78, 5) is 27.3. The van der Waals surface area contributed by atoms with E-state index >= 15 is 0 Å². The van der Waals surface area contributed by atoms with Crippen LogP contribution in [0.3, 0.4) is 0 Å². The summed E-state index contributed by atoms with van der Waals surface area (Å²) in [7, 11) is 1.67. The Balaban J connectivity index is 1.30. The van der Waals surface area contributed by atoms with Gasteiger partial charge in [-0.1, -0.05) is 30.3 Å². The Morgan fingerprint density at radius 3 is 2.58 bits per heavy atom. The van der Waals surface area contributed by atoms with Crippen molar-refractivity contribution in [1.29, 1.82) is 0 Å². The number of amides is 2. The molecule has 1 fully saturated rings. The summed E-state index contributed by atoms with van der Waals surface area (Å²) in [6.45, 7) is 3.27. The molecule has 1 spiro atoms. The third-order valence-corrected chi connectivity index (χ3v) is 7.16. The third-order valence-electron chi connectivity index (χ3n) is 7.16. The first-order valence-corrected chi connectivity index (χ1v) is 12.4. The van der Waals surface area contributed by atoms with E-state index < -0.39 is 6.04 Å². The van der Waals surface area contributed by atoms with Crippen LogP contribution >= 0.6 is 0 Å². The van der Waals surface area contributed by atoms with Crippen LogP contribution in [0.5, 0.6) is 5.75 Å². The number of carbonyl (C=O) groups is 2. The fraction of sp³-hybridized carbons (Fsp3) is 0.357. The van der Waals surface area contributed by atoms with E-state index in [2.05, 4.69) is 39.6 Å². The largest absolute Gasteiger partial charge is 0.497 e. The Kier molecular flexibility index (Phi) is 6.59. The second-order valence-electron chi connectivity index (χ2n) is 9.26. The first-order chi connectivity index (χ1) is 17.5. The molecular weight excluding hydrogens is 456 g/mol. The molecule has 0 aliphatic carbocycles. The lowest BCUT2D eigenvalue weighted by Gasteiger charge is -2.46. The Labute approximate surface area is 211 Å². The van der Waals surface area contributed by atoms with E-state index in [1.165, 1.54) is 5.69 Å². The molecule has 2 amide bonds. The molecule has 5 rings (SSSR count). The molecule has 2 N–H and O–H groups in total. The van der Waals surface area contributed by atoms with Gasteiger partial charge in [0.1, 0.15) is 5.75 Å². The predicted octanol–water partition coefficient (Wildman–Crippen LogP) is 4.61. The Hall–Kier alpha value is -3.94. The molecule has 2 aliphatic heterocycles. The van der Waals surface area contributed by atoms with Gasteiger partial charge in [0.2, 0.25) is 0 Å². The Morgan fingerprint density at radius 2 is 1.86 bits per heavy atom. The fourth-order valence-corrected chi connectivity index (χ4v) is 5.29. The molecule has 2 aliphatic rings. The number of likely N-dealkylation sites (tertiary alicyclic amines) is 1. The number of anilines is 1. The number of carbonyl (C=O) groups excluding carboxylic acids is 2. The zero-order chi connectivity index (χ0) is 25.1. The van der Waals surface area contributed by atoms with Crippen LogP contribution in [0.4, 0.5) is 10.5 Å². The second kappa shape index (κ2) is 9.97. The summed E-state index contributed by atoms with van der Waals surface area (Å²) in [5.41, 5.74) is 3.92. The van der Waals surface area contributed by atoms with Gasteiger partial charge in [-0.05, 0) is 49.6 Å². The van der Waals surface area contributed by atoms with Gasteiger partial charge >= 0.3 is 12.0 Å². The van der Waals surface area contributed by atoms with Crippen LogP contribution in [-0.4, -0.2) is 48.3 Å². The van der Waals surface area contributed by atoms with Crippen LogP contribution in [-0.2, 0) is 15.1 Å². The van der Waals surface area contributed by atoms with E-state index in [4.69, 9.17) is 9.47 Å². The van der Waals surface area contributed by atoms with Crippen LogP contribution in [0.1, 0.15) is 43.5 Å². The van der Waals surface area contributed by atoms with Crippen molar-refractivity contribution in [2.75, 3.05) is 32.1 Å². The van der Waals surface area contributed by atoms with Crippen LogP contribution in [0.2, 0.25) is 0 Å². The summed E-state index contributed by atoms with van der Waals surface area (Å²) in [5, 5.41) is 6.85. The molecule has 0 saturated carbocycles. The summed E-state index contributed by atoms with van der Waals surface area (Å²) < 4.78 is 12.8. The van der Waals surface area contributed by atoms with Crippen molar-refractivity contribution >= 4 is 17.7 Å². The number of esters is 1. The molecule has 2 aromatic carbocycles. The zero-order valence-electron chi connectivity index (χ0n) is 20.7. The topological polar surface area (TPSA) is 84.8 Å². The molecule has 8 nitrogen and oxygen atoms in total. The van der Waals surface area contributed by atoms with Crippen molar-refractivity contribution in [3.63, 3.8) is 0 Å². The summed E-state index contributed by atoms with van der Waals surface area (Å²) in [5.74, 6) is 0.475. The lowest BCUT2D eigenvalue weighted by molar-refractivity contribution is -0.143. The van der Waals surface area contributed by atoms with E-state index in [1.54, 1.807) is 14.0 Å². The Bertz CT molecular complexity index is 1230. The summed E-state index contributed by atoms with van der Waals surface area (Å²) in [6, 6.07) is 19.2. The standard InChI is InChI=1S/C28H32N4O4/c1-3-36-26(33)19-22(20-8-5-4-6-9-20)29-27(34)31-16-13-28(14-17-31)25-10-7-15-32(25)24-12-11-21(35-2)18-23(24)30-28/h4-12,15,18,22,30H,3,13-14,16-17,19H2,1-2H3,(H,29,34)/t22-/m1/s1. The average molecular weight is 489 g/mol. The third kappa shape index (κ3) is 4.51. The quantitative estimate of drug-likeness (QED) is 0.495. The molecule has 36 heavy (non-hydrogen) atoms. The monoisotopic (exact) mass is 488 g/mol. The maximum Gasteiger partial charge on any atom is 0.317 e. The van der Waals surface area contributed by atoms with Gasteiger partial charge in [-0.3, -0.25) is 4.79 Å². The zero-order valence-corrected chi connectivity index (χ0v) is 20.7. The number of nitrogens with one attached hydrogen (secondary N) is 2. The second-order valence-corrected chi connectivity index (χ2v) is 9.26. The number of fused-ring (bicyclic) bond motifs is 4. The maximum atomic E-state index is 13.3. The first-order valence-electron chi connectivity index (χ1n) is 12.4. The fourth-order valence-electron chi connectivity index (χ4n) is 5.29. The van der Waals surface area contributed by atoms with Gasteiger partial charge in [0.05, 0.1) is 43.1 Å². The molecule has 0 bridgehead atoms. The first kappa shape index (κ1) is 23.8. The molecule has 1 atom stereocenters. The molecular formula is C28H32N4O4. The van der Waals surface area contributed by atoms with E-state index in [0.29, 0.717) is 19.7 Å². The lowest BCUT2D eigenvalue weighted by Crippen LogP contribution is -2.53. The van der Waals surface area contributed by atoms with Crippen molar-refractivity contribution in [2.45, 2.75) is 37.8 Å². The van der Waals surface area contributed by atoms with E-state index in [0.717, 1.165) is 35.5 Å². The number of piperidine rings is 1. The number of methoxy groups -OCH3 is 1. The number of benzene rings is 2. The van der Waals surface area contributed by atoms with Crippen LogP contribution < -0.4 is 15.4 Å². The van der Waals surface area contributed by atoms with Crippen molar-refractivity contribution in [3.05, 3.63) is 78.1 Å². The predicted molar refractivity (Wildman–Crippen MR) is 137 cm³/mol. The summed E-state index contributed by atoms with van der Waals surface area (Å²) in [6.07, 6.45) is 3.70. The van der Waals surface area contributed by atoms with Gasteiger partial charge < -0.3 is 29.6 Å². The van der Waals surface area contributed by atoms with E-state index in [9.17, 15) is 9.59 Å². The minimum absolute atomic E-state index is 0.0923. The summed E-state index contributed by atoms with van der Waals surface area (Å²) >= 11 is 0. The van der Waals surface area contributed by atoms with Crippen LogP contribution in [0, 0.1) is 0 Å². The molecule has 8 heteroatoms. The highest BCUT2D eigenvalue weighted by molar-refractivity contribution is 5.77. The van der Waals surface area contributed by atoms with Gasteiger partial charge in [-0.2, -0.15) is 0 Å². The molecule has 1 aromatic heterocycles. The van der Waals surface area contributed by atoms with Gasteiger partial charge in [-0.15, -0.1) is 0 Å². The normalized spacial score (nSPS) is 16.3. The van der Waals surface area contributed by atoms with Crippen molar-refractivity contribution in [1.82, 2.24) is 14.8 Å². The number of ether oxygens (including phenoxy) is 2. The van der Waals surface area contributed by atoms with Crippen molar-refractivity contribution in [2.24, 2.45) is 0 Å². The average Bonchev–Trinajstić information content (AvgIpc) is 3.40. The highest BCUT2D eigenvalue weighted by Crippen LogP contribution is 2.44. The van der Waals surface area contributed by atoms with E-state index in [1.807, 2.05) is 47.4 Å². The highest BCUT2D eigenvalue weighted by Gasteiger charge is 2.42. The van der Waals surface area contributed by atoms with E-state index in [-0.39, 0.29) is 24.0 Å². The van der Waals surface area contributed by atoms with Crippen LogP contribution in [0.15, 0.2) is 66.9 Å². The molecule has 3 heterocycles. The molecule has 0 unspecified atom stereocenters. The SMILES string of the molecule is CCOC(=O)C[C@@H](NC(=O)N1CCC2(CC1)Nc1cc(OC)ccc1-n1cccc12)c1ccccc1. The van der Waals surface area contributed by atoms with Crippen molar-refractivity contribution in [3.8, 4) is 11.4 Å². The molecule has 3 aromatic rings. The minimum atomic E-state index is -0.446. The van der Waals surface area contributed by atoms with Gasteiger partial charge in [0.25, 0.3) is 0 Å². The maximum absolute atomic E-state index is 13.3. The van der Waals surface area contributed by atoms with Gasteiger partial charge in [-0.25, -0.2) is 4.79 Å². The number of rotatable bonds is 6. The van der Waals surface area contributed by atoms with Crippen LogP contribution in [0.25, 0.3) is 5.69 Å². The lowest BCUT2D eigenvalue weighted by atomic mass is 9.82. The number of nitrogens with zero attached hydrogens (tertiary/aromatic N) is 2. The van der Waals surface area contributed by atoms with Crippen molar-refractivity contribution < 1.29 is 19.1 Å². The highest BCUT2D eigenvalue weighted by atomic mass is 16.5. The number of hydrogen-bond acceptors (Lipinski definition) is 5. The minimum Gasteiger partial charge on any atom is -0.497 e. The smallest absolute Gasteiger partial charge is 0.317 e. The Morgan fingerprint density at radius 1 is 1.08 bits per heavy atom. The number of aromatic nitrogens is 1.